The maximum Gasteiger partial charge on any atom is 0.347 e. The van der Waals surface area contributed by atoms with Crippen LogP contribution in [-0.4, -0.2) is 49.1 Å². The highest BCUT2D eigenvalue weighted by molar-refractivity contribution is 7.17. The third-order valence-corrected chi connectivity index (χ3v) is 6.74. The number of nitrogens with one attached hydrogen (secondary N) is 2. The summed E-state index contributed by atoms with van der Waals surface area (Å²) in [5.41, 5.74) is 3.81. The van der Waals surface area contributed by atoms with Crippen molar-refractivity contribution in [2.24, 2.45) is 0 Å². The van der Waals surface area contributed by atoms with Gasteiger partial charge in [-0.3, -0.25) is 15.3 Å². The normalized spacial score (nSPS) is 12.4. The summed E-state index contributed by atoms with van der Waals surface area (Å²) in [6.45, 7) is 3.89. The molecule has 0 radical (unpaired) electrons. The quantitative estimate of drug-likeness (QED) is 0.321. The zero-order valence-corrected chi connectivity index (χ0v) is 19.9. The molecule has 0 saturated heterocycles. The van der Waals surface area contributed by atoms with E-state index in [0.29, 0.717) is 29.9 Å². The molecule has 4 aromatic heterocycles. The summed E-state index contributed by atoms with van der Waals surface area (Å²) < 4.78 is 0. The second-order valence-electron chi connectivity index (χ2n) is 8.13. The molecule has 5 heterocycles. The van der Waals surface area contributed by atoms with Crippen LogP contribution in [0.2, 0.25) is 0 Å². The Bertz CT molecular complexity index is 1330. The summed E-state index contributed by atoms with van der Waals surface area (Å²) in [6, 6.07) is 7.97. The van der Waals surface area contributed by atoms with E-state index in [1.54, 1.807) is 25.5 Å². The minimum Gasteiger partial charge on any atom is -0.477 e. The summed E-state index contributed by atoms with van der Waals surface area (Å²) in [5.74, 6) is 0.999. The standard InChI is InChI=1S/C24H24N8O2S/c1-15-19(22(33)34)35-24(28-15)31-23-29-20(27-11-6-16-4-9-25-10-5-16)18-7-12-32(21(18)30-23)14-17-3-2-8-26-13-17/h2-5,8-10,13H,6-7,11-12,14H2,1H3,(H,33,34)(H2,27,28,29,30,31). The number of thiazole rings is 1. The van der Waals surface area contributed by atoms with Crippen LogP contribution in [-0.2, 0) is 19.4 Å². The third-order valence-electron chi connectivity index (χ3n) is 5.68. The van der Waals surface area contributed by atoms with Crippen LogP contribution in [0.25, 0.3) is 0 Å². The molecule has 0 atom stereocenters. The van der Waals surface area contributed by atoms with E-state index in [1.807, 2.05) is 30.5 Å². The molecular weight excluding hydrogens is 464 g/mol. The number of carboxylic acids is 1. The predicted octanol–water partition coefficient (Wildman–Crippen LogP) is 3.69. The fourth-order valence-corrected chi connectivity index (χ4v) is 4.80. The van der Waals surface area contributed by atoms with Crippen LogP contribution in [0.4, 0.5) is 22.7 Å². The smallest absolute Gasteiger partial charge is 0.347 e. The molecule has 5 rings (SSSR count). The third kappa shape index (κ3) is 5.19. The van der Waals surface area contributed by atoms with Crippen LogP contribution in [0.1, 0.15) is 32.1 Å². The number of hydrogen-bond acceptors (Lipinski definition) is 10. The van der Waals surface area contributed by atoms with Gasteiger partial charge in [0.1, 0.15) is 16.5 Å². The van der Waals surface area contributed by atoms with Gasteiger partial charge >= 0.3 is 5.97 Å². The molecule has 3 N–H and O–H groups in total. The molecule has 178 valence electrons. The second kappa shape index (κ2) is 10.0. The molecule has 4 aromatic rings. The van der Waals surface area contributed by atoms with E-state index in [9.17, 15) is 9.90 Å². The highest BCUT2D eigenvalue weighted by atomic mass is 32.1. The van der Waals surface area contributed by atoms with Gasteiger partial charge in [0.25, 0.3) is 0 Å². The lowest BCUT2D eigenvalue weighted by Gasteiger charge is -2.19. The fraction of sp³-hybridized carbons (Fsp3) is 0.250. The van der Waals surface area contributed by atoms with E-state index in [2.05, 4.69) is 30.5 Å². The Morgan fingerprint density at radius 1 is 1.11 bits per heavy atom. The van der Waals surface area contributed by atoms with Crippen LogP contribution in [0.3, 0.4) is 0 Å². The first-order chi connectivity index (χ1) is 17.1. The molecule has 0 aliphatic carbocycles. The highest BCUT2D eigenvalue weighted by Gasteiger charge is 2.26. The Labute approximate surface area is 206 Å². The van der Waals surface area contributed by atoms with Crippen LogP contribution >= 0.6 is 11.3 Å². The number of nitrogens with zero attached hydrogens (tertiary/aromatic N) is 6. The Morgan fingerprint density at radius 2 is 1.97 bits per heavy atom. The minimum absolute atomic E-state index is 0.197. The number of carbonyl (C=O) groups is 1. The van der Waals surface area contributed by atoms with Crippen LogP contribution < -0.4 is 15.5 Å². The van der Waals surface area contributed by atoms with E-state index < -0.39 is 5.97 Å². The van der Waals surface area contributed by atoms with Gasteiger partial charge in [0.15, 0.2) is 5.13 Å². The highest BCUT2D eigenvalue weighted by Crippen LogP contribution is 2.34. The molecule has 0 fully saturated rings. The summed E-state index contributed by atoms with van der Waals surface area (Å²) in [6.07, 6.45) is 8.86. The maximum atomic E-state index is 11.4. The van der Waals surface area contributed by atoms with Crippen molar-refractivity contribution in [3.63, 3.8) is 0 Å². The number of carboxylic acid groups (broad SMARTS) is 1. The lowest BCUT2D eigenvalue weighted by molar-refractivity contribution is 0.0701. The number of aryl methyl sites for hydroxylation is 1. The van der Waals surface area contributed by atoms with Crippen molar-refractivity contribution in [2.45, 2.75) is 26.3 Å². The zero-order chi connectivity index (χ0) is 24.2. The molecule has 1 aliphatic rings. The van der Waals surface area contributed by atoms with Crippen molar-refractivity contribution in [3.8, 4) is 0 Å². The Kier molecular flexibility index (Phi) is 6.49. The molecule has 0 unspecified atom stereocenters. The first kappa shape index (κ1) is 22.7. The van der Waals surface area contributed by atoms with Gasteiger partial charge in [-0.15, -0.1) is 0 Å². The first-order valence-corrected chi connectivity index (χ1v) is 12.0. The van der Waals surface area contributed by atoms with Gasteiger partial charge in [-0.1, -0.05) is 17.4 Å². The number of aromatic carboxylic acids is 1. The molecule has 11 heteroatoms. The zero-order valence-electron chi connectivity index (χ0n) is 19.1. The molecule has 0 spiro atoms. The van der Waals surface area contributed by atoms with Gasteiger partial charge in [-0.05, 0) is 49.1 Å². The largest absolute Gasteiger partial charge is 0.477 e. The number of anilines is 4. The van der Waals surface area contributed by atoms with E-state index >= 15 is 0 Å². The van der Waals surface area contributed by atoms with Gasteiger partial charge < -0.3 is 15.3 Å². The number of hydrogen-bond donors (Lipinski definition) is 3. The van der Waals surface area contributed by atoms with E-state index in [4.69, 9.17) is 9.97 Å². The van der Waals surface area contributed by atoms with Gasteiger partial charge in [0.2, 0.25) is 5.95 Å². The van der Waals surface area contributed by atoms with Gasteiger partial charge in [0, 0.05) is 50.0 Å². The number of rotatable bonds is 9. The summed E-state index contributed by atoms with van der Waals surface area (Å²) >= 11 is 1.07. The summed E-state index contributed by atoms with van der Waals surface area (Å²) in [5, 5.41) is 16.4. The predicted molar refractivity (Wildman–Crippen MR) is 135 cm³/mol. The van der Waals surface area contributed by atoms with E-state index in [1.165, 1.54) is 5.56 Å². The summed E-state index contributed by atoms with van der Waals surface area (Å²) in [4.78, 5) is 36.0. The van der Waals surface area contributed by atoms with Crippen LogP contribution in [0, 0.1) is 6.92 Å². The monoisotopic (exact) mass is 488 g/mol. The molecule has 10 nitrogen and oxygen atoms in total. The van der Waals surface area contributed by atoms with Crippen LogP contribution in [0.5, 0.6) is 0 Å². The Balaban J connectivity index is 1.42. The van der Waals surface area contributed by atoms with Crippen LogP contribution in [0.15, 0.2) is 49.1 Å². The molecule has 0 saturated carbocycles. The molecule has 0 aromatic carbocycles. The number of fused-ring (bicyclic) bond motifs is 1. The second-order valence-corrected chi connectivity index (χ2v) is 9.13. The topological polar surface area (TPSA) is 129 Å². The van der Waals surface area contributed by atoms with Crippen molar-refractivity contribution in [3.05, 3.63) is 76.3 Å². The van der Waals surface area contributed by atoms with Gasteiger partial charge in [-0.25, -0.2) is 9.78 Å². The average Bonchev–Trinajstić information content (AvgIpc) is 3.43. The van der Waals surface area contributed by atoms with E-state index in [-0.39, 0.29) is 4.88 Å². The lowest BCUT2D eigenvalue weighted by Crippen LogP contribution is -2.21. The minimum atomic E-state index is -0.996. The van der Waals surface area contributed by atoms with Crippen molar-refractivity contribution < 1.29 is 9.90 Å². The summed E-state index contributed by atoms with van der Waals surface area (Å²) in [7, 11) is 0. The first-order valence-electron chi connectivity index (χ1n) is 11.2. The molecular formula is C24H24N8O2S. The van der Waals surface area contributed by atoms with Gasteiger partial charge in [-0.2, -0.15) is 9.97 Å². The van der Waals surface area contributed by atoms with Crippen molar-refractivity contribution in [1.82, 2.24) is 24.9 Å². The molecule has 0 amide bonds. The van der Waals surface area contributed by atoms with E-state index in [0.717, 1.165) is 53.5 Å². The Hall–Kier alpha value is -4.12. The fourth-order valence-electron chi connectivity index (χ4n) is 4.00. The maximum absolute atomic E-state index is 11.4. The molecule has 0 bridgehead atoms. The SMILES string of the molecule is Cc1nc(Nc2nc(NCCc3ccncc3)c3c(n2)N(Cc2cccnc2)CC3)sc1C(=O)O. The van der Waals surface area contributed by atoms with Crippen molar-refractivity contribution >= 4 is 40.0 Å². The molecule has 1 aliphatic heterocycles. The lowest BCUT2D eigenvalue weighted by atomic mass is 10.2. The average molecular weight is 489 g/mol. The van der Waals surface area contributed by atoms with Crippen molar-refractivity contribution in [1.29, 1.82) is 0 Å². The number of pyridine rings is 2. The number of aromatic nitrogens is 5. The van der Waals surface area contributed by atoms with Gasteiger partial charge in [0.05, 0.1) is 5.69 Å². The van der Waals surface area contributed by atoms with Crippen molar-refractivity contribution in [2.75, 3.05) is 28.6 Å². The molecule has 35 heavy (non-hydrogen) atoms. The Morgan fingerprint density at radius 3 is 2.71 bits per heavy atom.